The lowest BCUT2D eigenvalue weighted by atomic mass is 10.1. The zero-order valence-electron chi connectivity index (χ0n) is 12.6. The Labute approximate surface area is 130 Å². The minimum absolute atomic E-state index is 0.0664. The molecule has 0 bridgehead atoms. The van der Waals surface area contributed by atoms with E-state index in [1.165, 1.54) is 16.0 Å². The van der Waals surface area contributed by atoms with Gasteiger partial charge < -0.3 is 10.6 Å². The van der Waals surface area contributed by atoms with E-state index >= 15 is 0 Å². The van der Waals surface area contributed by atoms with Crippen LogP contribution in [0.4, 0.5) is 0 Å². The Morgan fingerprint density at radius 3 is 2.71 bits per heavy atom. The second kappa shape index (κ2) is 7.96. The van der Waals surface area contributed by atoms with E-state index < -0.39 is 0 Å². The molecule has 0 radical (unpaired) electrons. The van der Waals surface area contributed by atoms with Gasteiger partial charge in [-0.05, 0) is 35.9 Å². The first-order chi connectivity index (χ1) is 10.2. The van der Waals surface area contributed by atoms with Gasteiger partial charge in [0.05, 0.1) is 6.04 Å². The third-order valence-corrected chi connectivity index (χ3v) is 4.22. The molecule has 0 aliphatic carbocycles. The van der Waals surface area contributed by atoms with E-state index in [1.54, 1.807) is 11.3 Å². The van der Waals surface area contributed by atoms with Crippen LogP contribution in [0.5, 0.6) is 0 Å². The molecule has 1 aromatic carbocycles. The molecule has 1 amide bonds. The SMILES string of the molecule is CCCNC(=O)C(C)NCc1cc(-c2ccccc2)cs1. The fraction of sp³-hybridized carbons (Fsp3) is 0.353. The number of carbonyl (C=O) groups is 1. The number of hydrogen-bond donors (Lipinski definition) is 2. The van der Waals surface area contributed by atoms with E-state index in [0.717, 1.165) is 19.5 Å². The van der Waals surface area contributed by atoms with Crippen molar-refractivity contribution in [3.05, 3.63) is 46.7 Å². The highest BCUT2D eigenvalue weighted by atomic mass is 32.1. The second-order valence-electron chi connectivity index (χ2n) is 5.06. The molecule has 1 aromatic heterocycles. The summed E-state index contributed by atoms with van der Waals surface area (Å²) in [5.74, 6) is 0.0664. The number of thiophene rings is 1. The summed E-state index contributed by atoms with van der Waals surface area (Å²) in [6.07, 6.45) is 0.962. The molecule has 0 spiro atoms. The van der Waals surface area contributed by atoms with Crippen LogP contribution in [-0.4, -0.2) is 18.5 Å². The Morgan fingerprint density at radius 1 is 1.24 bits per heavy atom. The molecule has 1 heterocycles. The van der Waals surface area contributed by atoms with Gasteiger partial charge in [-0.15, -0.1) is 11.3 Å². The molecular weight excluding hydrogens is 280 g/mol. The molecule has 0 saturated heterocycles. The third-order valence-electron chi connectivity index (χ3n) is 3.29. The average molecular weight is 302 g/mol. The first-order valence-electron chi connectivity index (χ1n) is 7.34. The van der Waals surface area contributed by atoms with E-state index in [1.807, 2.05) is 25.1 Å². The molecule has 0 aliphatic heterocycles. The van der Waals surface area contributed by atoms with Crippen molar-refractivity contribution in [1.82, 2.24) is 10.6 Å². The fourth-order valence-corrected chi connectivity index (χ4v) is 2.85. The van der Waals surface area contributed by atoms with Gasteiger partial charge in [-0.3, -0.25) is 4.79 Å². The molecule has 0 saturated carbocycles. The van der Waals surface area contributed by atoms with Crippen LogP contribution < -0.4 is 10.6 Å². The fourth-order valence-electron chi connectivity index (χ4n) is 2.00. The first-order valence-corrected chi connectivity index (χ1v) is 8.22. The van der Waals surface area contributed by atoms with Gasteiger partial charge in [-0.1, -0.05) is 37.3 Å². The predicted molar refractivity (Wildman–Crippen MR) is 89.4 cm³/mol. The van der Waals surface area contributed by atoms with Gasteiger partial charge in [-0.25, -0.2) is 0 Å². The van der Waals surface area contributed by atoms with Crippen LogP contribution in [-0.2, 0) is 11.3 Å². The Balaban J connectivity index is 1.87. The summed E-state index contributed by atoms with van der Waals surface area (Å²) < 4.78 is 0. The molecule has 1 unspecified atom stereocenters. The lowest BCUT2D eigenvalue weighted by molar-refractivity contribution is -0.122. The van der Waals surface area contributed by atoms with Crippen molar-refractivity contribution in [2.75, 3.05) is 6.54 Å². The van der Waals surface area contributed by atoms with Crippen LogP contribution in [0.15, 0.2) is 41.8 Å². The number of rotatable bonds is 7. The van der Waals surface area contributed by atoms with Crippen molar-refractivity contribution in [1.29, 1.82) is 0 Å². The summed E-state index contributed by atoms with van der Waals surface area (Å²) in [5.41, 5.74) is 2.47. The molecule has 2 rings (SSSR count). The summed E-state index contributed by atoms with van der Waals surface area (Å²) in [6, 6.07) is 12.4. The maximum absolute atomic E-state index is 11.8. The summed E-state index contributed by atoms with van der Waals surface area (Å²) >= 11 is 1.72. The van der Waals surface area contributed by atoms with Crippen LogP contribution >= 0.6 is 11.3 Å². The number of hydrogen-bond acceptors (Lipinski definition) is 3. The number of nitrogens with one attached hydrogen (secondary N) is 2. The molecule has 4 heteroatoms. The Hall–Kier alpha value is -1.65. The molecule has 112 valence electrons. The second-order valence-corrected chi connectivity index (χ2v) is 6.06. The van der Waals surface area contributed by atoms with Gasteiger partial charge in [0.15, 0.2) is 0 Å². The highest BCUT2D eigenvalue weighted by molar-refractivity contribution is 7.10. The van der Waals surface area contributed by atoms with Crippen LogP contribution in [0.2, 0.25) is 0 Å². The smallest absolute Gasteiger partial charge is 0.236 e. The van der Waals surface area contributed by atoms with Gasteiger partial charge in [0, 0.05) is 18.0 Å². The highest BCUT2D eigenvalue weighted by Crippen LogP contribution is 2.25. The quantitative estimate of drug-likeness (QED) is 0.823. The van der Waals surface area contributed by atoms with Gasteiger partial charge in [0.2, 0.25) is 5.91 Å². The molecule has 0 fully saturated rings. The Kier molecular flexibility index (Phi) is 5.96. The zero-order chi connectivity index (χ0) is 15.1. The standard InChI is InChI=1S/C17H22N2OS/c1-3-9-18-17(20)13(2)19-11-16-10-15(12-21-16)14-7-5-4-6-8-14/h4-8,10,12-13,19H,3,9,11H2,1-2H3,(H,18,20). The maximum atomic E-state index is 11.8. The lowest BCUT2D eigenvalue weighted by Crippen LogP contribution is -2.41. The molecule has 3 nitrogen and oxygen atoms in total. The van der Waals surface area contributed by atoms with Gasteiger partial charge in [-0.2, -0.15) is 0 Å². The predicted octanol–water partition coefficient (Wildman–Crippen LogP) is 3.42. The van der Waals surface area contributed by atoms with E-state index in [4.69, 9.17) is 0 Å². The van der Waals surface area contributed by atoms with Crippen molar-refractivity contribution in [3.8, 4) is 11.1 Å². The van der Waals surface area contributed by atoms with Gasteiger partial charge >= 0.3 is 0 Å². The summed E-state index contributed by atoms with van der Waals surface area (Å²) in [4.78, 5) is 13.0. The molecule has 21 heavy (non-hydrogen) atoms. The molecule has 1 atom stereocenters. The molecular formula is C17H22N2OS. The summed E-state index contributed by atoms with van der Waals surface area (Å²) in [7, 11) is 0. The van der Waals surface area contributed by atoms with E-state index in [-0.39, 0.29) is 11.9 Å². The summed E-state index contributed by atoms with van der Waals surface area (Å²) in [6.45, 7) is 5.41. The molecule has 2 N–H and O–H groups in total. The van der Waals surface area contributed by atoms with E-state index in [9.17, 15) is 4.79 Å². The molecule has 2 aromatic rings. The monoisotopic (exact) mass is 302 g/mol. The Bertz CT molecular complexity index is 565. The minimum Gasteiger partial charge on any atom is -0.355 e. The van der Waals surface area contributed by atoms with Crippen LogP contribution in [0.3, 0.4) is 0 Å². The van der Waals surface area contributed by atoms with Crippen LogP contribution in [0.1, 0.15) is 25.1 Å². The number of amides is 1. The average Bonchev–Trinajstić information content (AvgIpc) is 3.00. The summed E-state index contributed by atoms with van der Waals surface area (Å²) in [5, 5.41) is 8.33. The van der Waals surface area contributed by atoms with Crippen LogP contribution in [0, 0.1) is 0 Å². The van der Waals surface area contributed by atoms with Gasteiger partial charge in [0.25, 0.3) is 0 Å². The lowest BCUT2D eigenvalue weighted by Gasteiger charge is -2.12. The van der Waals surface area contributed by atoms with Crippen molar-refractivity contribution in [2.45, 2.75) is 32.9 Å². The first kappa shape index (κ1) is 15.7. The Morgan fingerprint density at radius 2 is 2.00 bits per heavy atom. The third kappa shape index (κ3) is 4.69. The molecule has 0 aliphatic rings. The van der Waals surface area contributed by atoms with Crippen molar-refractivity contribution < 1.29 is 4.79 Å². The zero-order valence-corrected chi connectivity index (χ0v) is 13.4. The van der Waals surface area contributed by atoms with E-state index in [0.29, 0.717) is 0 Å². The number of carbonyl (C=O) groups excluding carboxylic acids is 1. The minimum atomic E-state index is -0.168. The highest BCUT2D eigenvalue weighted by Gasteiger charge is 2.11. The van der Waals surface area contributed by atoms with Crippen molar-refractivity contribution in [3.63, 3.8) is 0 Å². The normalized spacial score (nSPS) is 12.1. The van der Waals surface area contributed by atoms with E-state index in [2.05, 4.69) is 41.1 Å². The van der Waals surface area contributed by atoms with Crippen LogP contribution in [0.25, 0.3) is 11.1 Å². The van der Waals surface area contributed by atoms with Crippen molar-refractivity contribution in [2.24, 2.45) is 0 Å². The van der Waals surface area contributed by atoms with Gasteiger partial charge in [0.1, 0.15) is 0 Å². The van der Waals surface area contributed by atoms with Crippen molar-refractivity contribution >= 4 is 17.2 Å². The maximum Gasteiger partial charge on any atom is 0.236 e. The topological polar surface area (TPSA) is 41.1 Å². The largest absolute Gasteiger partial charge is 0.355 e. The number of benzene rings is 1.